The Labute approximate surface area is 209 Å². The predicted molar refractivity (Wildman–Crippen MR) is 136 cm³/mol. The largest absolute Gasteiger partial charge is 0.491 e. The van der Waals surface area contributed by atoms with Crippen LogP contribution in [0.15, 0.2) is 82.6 Å². The van der Waals surface area contributed by atoms with Crippen LogP contribution in [0.25, 0.3) is 0 Å². The number of rotatable bonds is 5. The van der Waals surface area contributed by atoms with E-state index in [-0.39, 0.29) is 12.5 Å². The third-order valence-corrected chi connectivity index (χ3v) is 7.72. The molecule has 1 saturated heterocycles. The summed E-state index contributed by atoms with van der Waals surface area (Å²) in [5.74, 6) is 0.693. The molecule has 0 aromatic heterocycles. The normalized spacial score (nSPS) is 20.2. The topological polar surface area (TPSA) is 53.0 Å². The summed E-state index contributed by atoms with van der Waals surface area (Å²) in [6.45, 7) is 1.90. The number of nitrogens with zero attached hydrogens (tertiary/aromatic N) is 2. The lowest BCUT2D eigenvalue weighted by Crippen LogP contribution is -2.41. The zero-order chi connectivity index (χ0) is 23.5. The van der Waals surface area contributed by atoms with Crippen molar-refractivity contribution in [2.45, 2.75) is 34.7 Å². The summed E-state index contributed by atoms with van der Waals surface area (Å²) >= 11 is 7.73. The predicted octanol–water partition coefficient (Wildman–Crippen LogP) is 5.77. The smallest absolute Gasteiger partial charge is 0.245 e. The third kappa shape index (κ3) is 5.10. The van der Waals surface area contributed by atoms with Crippen molar-refractivity contribution in [3.05, 3.63) is 77.8 Å². The maximum atomic E-state index is 13.6. The fourth-order valence-electron chi connectivity index (χ4n) is 4.55. The Morgan fingerprint density at radius 2 is 1.68 bits per heavy atom. The molecule has 0 saturated carbocycles. The van der Waals surface area contributed by atoms with Crippen molar-refractivity contribution in [3.8, 4) is 5.75 Å². The lowest BCUT2D eigenvalue weighted by Gasteiger charge is -2.32. The van der Waals surface area contributed by atoms with Crippen molar-refractivity contribution in [1.82, 2.24) is 4.90 Å². The molecular formula is C27H27ClN2O3S. The number of fused-ring (bicyclic) bond motifs is 2. The Balaban J connectivity index is 1.26. The van der Waals surface area contributed by atoms with Crippen LogP contribution in [0.5, 0.6) is 5.75 Å². The molecular weight excluding hydrogens is 468 g/mol. The van der Waals surface area contributed by atoms with E-state index in [2.05, 4.69) is 17.0 Å². The fraction of sp³-hybridized carbons (Fsp3) is 0.296. The molecule has 2 heterocycles. The molecule has 0 radical (unpaired) electrons. The molecule has 7 heteroatoms. The lowest BCUT2D eigenvalue weighted by molar-refractivity contribution is -0.119. The highest BCUT2D eigenvalue weighted by Crippen LogP contribution is 2.47. The second-order valence-electron chi connectivity index (χ2n) is 8.87. The number of benzene rings is 3. The SMILES string of the molecule is O=C(CN1CCC[C@@](O)(COc2cccc(Cl)c2)CC1)N1c2ccccc2Sc2ccccc21. The van der Waals surface area contributed by atoms with Crippen LogP contribution in [-0.4, -0.2) is 47.8 Å². The van der Waals surface area contributed by atoms with E-state index >= 15 is 0 Å². The van der Waals surface area contributed by atoms with E-state index in [9.17, 15) is 9.90 Å². The van der Waals surface area contributed by atoms with Gasteiger partial charge in [-0.2, -0.15) is 0 Å². The summed E-state index contributed by atoms with van der Waals surface area (Å²) in [4.78, 5) is 19.7. The zero-order valence-corrected chi connectivity index (χ0v) is 20.4. The molecule has 1 amide bonds. The van der Waals surface area contributed by atoms with Gasteiger partial charge in [0.05, 0.1) is 23.5 Å². The van der Waals surface area contributed by atoms with E-state index in [1.54, 1.807) is 23.9 Å². The van der Waals surface area contributed by atoms with Crippen molar-refractivity contribution in [1.29, 1.82) is 0 Å². The van der Waals surface area contributed by atoms with Crippen LogP contribution >= 0.6 is 23.4 Å². The first-order chi connectivity index (χ1) is 16.5. The van der Waals surface area contributed by atoms with Crippen LogP contribution in [0.3, 0.4) is 0 Å². The van der Waals surface area contributed by atoms with Gasteiger partial charge in [0.2, 0.25) is 5.91 Å². The minimum absolute atomic E-state index is 0.0424. The van der Waals surface area contributed by atoms with E-state index in [1.165, 1.54) is 0 Å². The van der Waals surface area contributed by atoms with Gasteiger partial charge in [-0.1, -0.05) is 53.7 Å². The van der Waals surface area contributed by atoms with Gasteiger partial charge in [-0.25, -0.2) is 0 Å². The summed E-state index contributed by atoms with van der Waals surface area (Å²) in [7, 11) is 0. The van der Waals surface area contributed by atoms with E-state index < -0.39 is 5.60 Å². The Hall–Kier alpha value is -2.51. The van der Waals surface area contributed by atoms with Gasteiger partial charge in [0.25, 0.3) is 0 Å². The van der Waals surface area contributed by atoms with Gasteiger partial charge in [-0.3, -0.25) is 14.6 Å². The number of likely N-dealkylation sites (tertiary alicyclic amines) is 1. The highest BCUT2D eigenvalue weighted by atomic mass is 35.5. The van der Waals surface area contributed by atoms with Crippen LogP contribution in [0.4, 0.5) is 11.4 Å². The van der Waals surface area contributed by atoms with Crippen molar-refractivity contribution < 1.29 is 14.6 Å². The van der Waals surface area contributed by atoms with Crippen LogP contribution < -0.4 is 9.64 Å². The first-order valence-corrected chi connectivity index (χ1v) is 12.7. The average Bonchev–Trinajstić information content (AvgIpc) is 3.03. The number of hydrogen-bond donors (Lipinski definition) is 1. The van der Waals surface area contributed by atoms with Gasteiger partial charge < -0.3 is 9.84 Å². The van der Waals surface area contributed by atoms with E-state index in [0.29, 0.717) is 36.7 Å². The summed E-state index contributed by atoms with van der Waals surface area (Å²) < 4.78 is 5.84. The molecule has 0 aliphatic carbocycles. The molecule has 0 spiro atoms. The number of carbonyl (C=O) groups excluding carboxylic acids is 1. The third-order valence-electron chi connectivity index (χ3n) is 6.35. The minimum Gasteiger partial charge on any atom is -0.491 e. The van der Waals surface area contributed by atoms with Crippen LogP contribution in [0, 0.1) is 0 Å². The van der Waals surface area contributed by atoms with Gasteiger partial charge in [0.15, 0.2) is 0 Å². The molecule has 1 atom stereocenters. The number of carbonyl (C=O) groups is 1. The van der Waals surface area contributed by atoms with Gasteiger partial charge in [0, 0.05) is 21.4 Å². The molecule has 176 valence electrons. The maximum absolute atomic E-state index is 13.6. The highest BCUT2D eigenvalue weighted by molar-refractivity contribution is 7.99. The fourth-order valence-corrected chi connectivity index (χ4v) is 5.79. The monoisotopic (exact) mass is 494 g/mol. The van der Waals surface area contributed by atoms with Crippen LogP contribution in [0.1, 0.15) is 19.3 Å². The molecule has 2 aliphatic heterocycles. The first kappa shape index (κ1) is 23.2. The number of hydrogen-bond acceptors (Lipinski definition) is 5. The van der Waals surface area contributed by atoms with E-state index in [0.717, 1.165) is 34.1 Å². The minimum atomic E-state index is -0.929. The zero-order valence-electron chi connectivity index (χ0n) is 18.8. The summed E-state index contributed by atoms with van der Waals surface area (Å²) in [5, 5.41) is 11.8. The molecule has 5 nitrogen and oxygen atoms in total. The van der Waals surface area contributed by atoms with E-state index in [1.807, 2.05) is 53.4 Å². The van der Waals surface area contributed by atoms with Crippen LogP contribution in [0.2, 0.25) is 5.02 Å². The first-order valence-electron chi connectivity index (χ1n) is 11.5. The number of halogens is 1. The van der Waals surface area contributed by atoms with Gasteiger partial charge >= 0.3 is 0 Å². The molecule has 1 fully saturated rings. The molecule has 0 bridgehead atoms. The maximum Gasteiger partial charge on any atom is 0.245 e. The Bertz CT molecular complexity index is 1140. The van der Waals surface area contributed by atoms with E-state index in [4.69, 9.17) is 16.3 Å². The molecule has 3 aromatic rings. The van der Waals surface area contributed by atoms with Crippen molar-refractivity contribution in [2.24, 2.45) is 0 Å². The summed E-state index contributed by atoms with van der Waals surface area (Å²) in [5.41, 5.74) is 0.927. The Morgan fingerprint density at radius 3 is 2.38 bits per heavy atom. The molecule has 34 heavy (non-hydrogen) atoms. The molecule has 1 N–H and O–H groups in total. The second-order valence-corrected chi connectivity index (χ2v) is 10.4. The van der Waals surface area contributed by atoms with Crippen molar-refractivity contribution in [3.63, 3.8) is 0 Å². The molecule has 3 aromatic carbocycles. The molecule has 0 unspecified atom stereocenters. The van der Waals surface area contributed by atoms with Gasteiger partial charge in [-0.15, -0.1) is 0 Å². The second kappa shape index (κ2) is 10.0. The number of ether oxygens (including phenoxy) is 1. The molecule has 5 rings (SSSR count). The van der Waals surface area contributed by atoms with Gasteiger partial charge in [0.1, 0.15) is 12.4 Å². The number of anilines is 2. The quantitative estimate of drug-likeness (QED) is 0.488. The standard InChI is InChI=1S/C27H27ClN2O3S/c28-20-7-5-8-21(17-20)33-19-27(32)13-6-15-29(16-14-27)18-26(31)30-22-9-1-3-11-24(22)34-25-12-4-2-10-23(25)30/h1-5,7-12,17,32H,6,13-16,18-19H2/t27-/m0/s1. The Kier molecular flexibility index (Phi) is 6.84. The number of aliphatic hydroxyl groups is 1. The summed E-state index contributed by atoms with van der Waals surface area (Å²) in [6.07, 6.45) is 1.97. The number of para-hydroxylation sites is 2. The highest BCUT2D eigenvalue weighted by Gasteiger charge is 2.33. The van der Waals surface area contributed by atoms with Crippen molar-refractivity contribution >= 4 is 40.6 Å². The van der Waals surface area contributed by atoms with Crippen molar-refractivity contribution in [2.75, 3.05) is 31.1 Å². The average molecular weight is 495 g/mol. The lowest BCUT2D eigenvalue weighted by atomic mass is 9.96. The Morgan fingerprint density at radius 1 is 0.971 bits per heavy atom. The van der Waals surface area contributed by atoms with Gasteiger partial charge in [-0.05, 0) is 68.3 Å². The summed E-state index contributed by atoms with van der Waals surface area (Å²) in [6, 6.07) is 23.3. The molecule has 2 aliphatic rings. The number of amides is 1. The van der Waals surface area contributed by atoms with Crippen LogP contribution in [-0.2, 0) is 4.79 Å².